The van der Waals surface area contributed by atoms with Gasteiger partial charge in [0.1, 0.15) is 5.75 Å². The van der Waals surface area contributed by atoms with Gasteiger partial charge in [0.25, 0.3) is 0 Å². The van der Waals surface area contributed by atoms with E-state index in [9.17, 15) is 5.11 Å². The number of rotatable bonds is 3. The Morgan fingerprint density at radius 1 is 1.38 bits per heavy atom. The first-order valence-corrected chi connectivity index (χ1v) is 4.55. The zero-order chi connectivity index (χ0) is 9.68. The van der Waals surface area contributed by atoms with E-state index < -0.39 is 0 Å². The van der Waals surface area contributed by atoms with Gasteiger partial charge in [0.2, 0.25) is 0 Å². The first-order chi connectivity index (χ1) is 6.25. The summed E-state index contributed by atoms with van der Waals surface area (Å²) < 4.78 is 0. The molecule has 0 amide bonds. The van der Waals surface area contributed by atoms with Crippen molar-refractivity contribution < 1.29 is 5.11 Å². The molecule has 0 spiro atoms. The largest absolute Gasteiger partial charge is 0.507 e. The molecule has 1 rings (SSSR count). The molecule has 0 aliphatic heterocycles. The second-order valence-electron chi connectivity index (χ2n) is 2.98. The second-order valence-corrected chi connectivity index (χ2v) is 2.98. The molecule has 1 aromatic rings. The van der Waals surface area contributed by atoms with E-state index in [1.807, 2.05) is 25.1 Å². The van der Waals surface area contributed by atoms with E-state index in [-0.39, 0.29) is 0 Å². The number of hydrogen-bond acceptors (Lipinski definition) is 2. The minimum atomic E-state index is 0.305. The van der Waals surface area contributed by atoms with Crippen molar-refractivity contribution in [3.63, 3.8) is 0 Å². The van der Waals surface area contributed by atoms with Crippen molar-refractivity contribution >= 4 is 5.71 Å². The molecule has 0 bridgehead atoms. The number of nitrogens with zero attached hydrogens (tertiary/aromatic N) is 1. The summed E-state index contributed by atoms with van der Waals surface area (Å²) >= 11 is 0. The molecule has 2 nitrogen and oxygen atoms in total. The fourth-order valence-electron chi connectivity index (χ4n) is 1.14. The lowest BCUT2D eigenvalue weighted by atomic mass is 10.1. The highest BCUT2D eigenvalue weighted by molar-refractivity contribution is 6.00. The molecule has 0 unspecified atom stereocenters. The molecule has 0 radical (unpaired) electrons. The van der Waals surface area contributed by atoms with Gasteiger partial charge in [-0.2, -0.15) is 0 Å². The Balaban J connectivity index is 2.88. The molecule has 13 heavy (non-hydrogen) atoms. The SMILES string of the molecule is CCC/N=C(\C)c1ccccc1O. The normalized spacial score (nSPS) is 11.7. The number of phenolic OH excluding ortho intramolecular Hbond substituents is 1. The summed E-state index contributed by atoms with van der Waals surface area (Å²) in [7, 11) is 0. The molecule has 0 aromatic heterocycles. The Morgan fingerprint density at radius 3 is 2.69 bits per heavy atom. The number of benzene rings is 1. The summed E-state index contributed by atoms with van der Waals surface area (Å²) in [5.74, 6) is 0.305. The summed E-state index contributed by atoms with van der Waals surface area (Å²) in [4.78, 5) is 4.33. The predicted molar refractivity (Wildman–Crippen MR) is 55.5 cm³/mol. The van der Waals surface area contributed by atoms with Gasteiger partial charge < -0.3 is 5.11 Å². The van der Waals surface area contributed by atoms with Crippen LogP contribution in [0.5, 0.6) is 5.75 Å². The van der Waals surface area contributed by atoms with Crippen LogP contribution in [0.25, 0.3) is 0 Å². The predicted octanol–water partition coefficient (Wildman–Crippen LogP) is 2.61. The maximum Gasteiger partial charge on any atom is 0.124 e. The van der Waals surface area contributed by atoms with E-state index in [0.717, 1.165) is 24.2 Å². The van der Waals surface area contributed by atoms with Crippen LogP contribution in [-0.2, 0) is 0 Å². The van der Waals surface area contributed by atoms with Crippen molar-refractivity contribution in [3.8, 4) is 5.75 Å². The van der Waals surface area contributed by atoms with Crippen LogP contribution in [-0.4, -0.2) is 17.4 Å². The average Bonchev–Trinajstić information content (AvgIpc) is 2.15. The molecule has 1 aromatic carbocycles. The van der Waals surface area contributed by atoms with E-state index >= 15 is 0 Å². The van der Waals surface area contributed by atoms with Crippen LogP contribution < -0.4 is 0 Å². The molecule has 0 heterocycles. The van der Waals surface area contributed by atoms with Crippen molar-refractivity contribution in [1.82, 2.24) is 0 Å². The van der Waals surface area contributed by atoms with Gasteiger partial charge in [-0.25, -0.2) is 0 Å². The number of para-hydroxylation sites is 1. The van der Waals surface area contributed by atoms with Crippen LogP contribution >= 0.6 is 0 Å². The van der Waals surface area contributed by atoms with Gasteiger partial charge in [-0.1, -0.05) is 19.1 Å². The Bertz CT molecular complexity index is 305. The fraction of sp³-hybridized carbons (Fsp3) is 0.364. The Morgan fingerprint density at radius 2 is 2.08 bits per heavy atom. The highest BCUT2D eigenvalue weighted by atomic mass is 16.3. The summed E-state index contributed by atoms with van der Waals surface area (Å²) in [6.07, 6.45) is 1.03. The van der Waals surface area contributed by atoms with Crippen LogP contribution in [0.3, 0.4) is 0 Å². The number of aromatic hydroxyl groups is 1. The number of hydrogen-bond donors (Lipinski definition) is 1. The van der Waals surface area contributed by atoms with Gasteiger partial charge in [0, 0.05) is 17.8 Å². The van der Waals surface area contributed by atoms with Gasteiger partial charge in [-0.3, -0.25) is 4.99 Å². The first-order valence-electron chi connectivity index (χ1n) is 4.55. The maximum absolute atomic E-state index is 9.50. The zero-order valence-electron chi connectivity index (χ0n) is 8.12. The van der Waals surface area contributed by atoms with E-state index in [0.29, 0.717) is 5.75 Å². The van der Waals surface area contributed by atoms with Gasteiger partial charge in [0.05, 0.1) is 0 Å². The minimum Gasteiger partial charge on any atom is -0.507 e. The second kappa shape index (κ2) is 4.65. The van der Waals surface area contributed by atoms with Gasteiger partial charge in [-0.15, -0.1) is 0 Å². The molecule has 0 fully saturated rings. The van der Waals surface area contributed by atoms with Crippen LogP contribution in [0.2, 0.25) is 0 Å². The molecule has 2 heteroatoms. The van der Waals surface area contributed by atoms with Crippen LogP contribution in [0.15, 0.2) is 29.3 Å². The standard InChI is InChI=1S/C11H15NO/c1-3-8-12-9(2)10-6-4-5-7-11(10)13/h4-7,13H,3,8H2,1-2H3/b12-9+. The molecular formula is C11H15NO. The van der Waals surface area contributed by atoms with Gasteiger partial charge >= 0.3 is 0 Å². The van der Waals surface area contributed by atoms with E-state index in [4.69, 9.17) is 0 Å². The van der Waals surface area contributed by atoms with E-state index in [1.54, 1.807) is 6.07 Å². The lowest BCUT2D eigenvalue weighted by Crippen LogP contribution is -1.96. The highest BCUT2D eigenvalue weighted by Crippen LogP contribution is 2.16. The third-order valence-electron chi connectivity index (χ3n) is 1.87. The average molecular weight is 177 g/mol. The van der Waals surface area contributed by atoms with Crippen molar-refractivity contribution in [1.29, 1.82) is 0 Å². The molecule has 0 saturated heterocycles. The topological polar surface area (TPSA) is 32.6 Å². The Hall–Kier alpha value is -1.31. The van der Waals surface area contributed by atoms with Crippen LogP contribution in [0.1, 0.15) is 25.8 Å². The molecule has 70 valence electrons. The fourth-order valence-corrected chi connectivity index (χ4v) is 1.14. The molecule has 1 N–H and O–H groups in total. The molecule has 0 aliphatic carbocycles. The van der Waals surface area contributed by atoms with Crippen molar-refractivity contribution in [3.05, 3.63) is 29.8 Å². The van der Waals surface area contributed by atoms with Gasteiger partial charge in [0.15, 0.2) is 0 Å². The zero-order valence-corrected chi connectivity index (χ0v) is 8.12. The van der Waals surface area contributed by atoms with Crippen molar-refractivity contribution in [2.45, 2.75) is 20.3 Å². The third-order valence-corrected chi connectivity index (χ3v) is 1.87. The summed E-state index contributed by atoms with van der Waals surface area (Å²) in [5, 5.41) is 9.50. The number of phenols is 1. The lowest BCUT2D eigenvalue weighted by molar-refractivity contribution is 0.474. The van der Waals surface area contributed by atoms with Crippen molar-refractivity contribution in [2.75, 3.05) is 6.54 Å². The maximum atomic E-state index is 9.50. The van der Waals surface area contributed by atoms with Crippen LogP contribution in [0, 0.1) is 0 Å². The highest BCUT2D eigenvalue weighted by Gasteiger charge is 2.01. The Labute approximate surface area is 78.9 Å². The van der Waals surface area contributed by atoms with Crippen LogP contribution in [0.4, 0.5) is 0 Å². The molecule has 0 aliphatic rings. The monoisotopic (exact) mass is 177 g/mol. The summed E-state index contributed by atoms with van der Waals surface area (Å²) in [6.45, 7) is 4.83. The molecular weight excluding hydrogens is 162 g/mol. The minimum absolute atomic E-state index is 0.305. The third kappa shape index (κ3) is 2.58. The Kier molecular flexibility index (Phi) is 3.50. The first kappa shape index (κ1) is 9.78. The van der Waals surface area contributed by atoms with E-state index in [1.165, 1.54) is 0 Å². The summed E-state index contributed by atoms with van der Waals surface area (Å²) in [5.41, 5.74) is 1.73. The molecule has 0 atom stereocenters. The van der Waals surface area contributed by atoms with E-state index in [2.05, 4.69) is 11.9 Å². The molecule has 0 saturated carbocycles. The lowest BCUT2D eigenvalue weighted by Gasteiger charge is -2.02. The number of aliphatic imine (C=N–C) groups is 1. The summed E-state index contributed by atoms with van der Waals surface area (Å²) in [6, 6.07) is 7.27. The van der Waals surface area contributed by atoms with Gasteiger partial charge in [-0.05, 0) is 25.5 Å². The quantitative estimate of drug-likeness (QED) is 0.707. The smallest absolute Gasteiger partial charge is 0.124 e. The van der Waals surface area contributed by atoms with Crippen molar-refractivity contribution in [2.24, 2.45) is 4.99 Å².